The molecule has 2 aromatic carbocycles. The highest BCUT2D eigenvalue weighted by atomic mass is 16.3. The van der Waals surface area contributed by atoms with Crippen LogP contribution in [-0.4, -0.2) is 31.0 Å². The molecule has 0 unspecified atom stereocenters. The quantitative estimate of drug-likeness (QED) is 0.470. The second kappa shape index (κ2) is 8.37. The average molecular weight is 416 g/mol. The molecule has 8 nitrogen and oxygen atoms in total. The summed E-state index contributed by atoms with van der Waals surface area (Å²) in [4.78, 5) is 37.1. The minimum atomic E-state index is -0.436. The molecule has 0 saturated carbocycles. The number of hydrogen-bond acceptors (Lipinski definition) is 5. The van der Waals surface area contributed by atoms with Gasteiger partial charge in [0.15, 0.2) is 5.78 Å². The van der Waals surface area contributed by atoms with Crippen LogP contribution in [-0.2, 0) is 17.9 Å². The number of ketones is 1. The first-order valence-corrected chi connectivity index (χ1v) is 9.65. The van der Waals surface area contributed by atoms with E-state index in [9.17, 15) is 19.5 Å². The number of nitrogens with zero attached hydrogens (tertiary/aromatic N) is 3. The van der Waals surface area contributed by atoms with Gasteiger partial charge in [-0.05, 0) is 19.1 Å². The van der Waals surface area contributed by atoms with E-state index in [0.29, 0.717) is 22.5 Å². The van der Waals surface area contributed by atoms with Crippen molar-refractivity contribution < 1.29 is 14.7 Å². The monoisotopic (exact) mass is 416 g/mol. The maximum atomic E-state index is 13.1. The topological polar surface area (TPSA) is 106 Å². The Hall–Kier alpha value is -4.04. The molecule has 4 rings (SSSR count). The fourth-order valence-corrected chi connectivity index (χ4v) is 3.42. The molecule has 31 heavy (non-hydrogen) atoms. The third-order valence-corrected chi connectivity index (χ3v) is 4.93. The summed E-state index contributed by atoms with van der Waals surface area (Å²) in [7, 11) is 0. The number of fused-ring (bicyclic) bond motifs is 1. The number of aliphatic hydroxyl groups is 1. The van der Waals surface area contributed by atoms with Gasteiger partial charge in [0.25, 0.3) is 5.56 Å². The Morgan fingerprint density at radius 1 is 1.06 bits per heavy atom. The first-order valence-electron chi connectivity index (χ1n) is 9.65. The van der Waals surface area contributed by atoms with E-state index in [4.69, 9.17) is 0 Å². The molecule has 0 bridgehead atoms. The first-order chi connectivity index (χ1) is 15.0. The Kier molecular flexibility index (Phi) is 5.46. The summed E-state index contributed by atoms with van der Waals surface area (Å²) in [5, 5.41) is 17.1. The number of carbonyl (C=O) groups excluding carboxylic acids is 2. The zero-order chi connectivity index (χ0) is 22.0. The van der Waals surface area contributed by atoms with Crippen molar-refractivity contribution in [2.24, 2.45) is 0 Å². The molecule has 0 saturated heterocycles. The van der Waals surface area contributed by atoms with E-state index in [-0.39, 0.29) is 24.5 Å². The van der Waals surface area contributed by atoms with E-state index in [1.165, 1.54) is 22.2 Å². The van der Waals surface area contributed by atoms with Crippen molar-refractivity contribution >= 4 is 22.9 Å². The number of carbonyl (C=O) groups is 2. The van der Waals surface area contributed by atoms with Gasteiger partial charge in [-0.25, -0.2) is 4.52 Å². The van der Waals surface area contributed by atoms with E-state index in [0.717, 1.165) is 5.56 Å². The largest absolute Gasteiger partial charge is 0.392 e. The van der Waals surface area contributed by atoms with Crippen molar-refractivity contribution in [3.05, 3.63) is 88.5 Å². The number of Topliss-reactive ketones (excluding diaryl/α,β-unsaturated/α-hetero) is 1. The van der Waals surface area contributed by atoms with E-state index < -0.39 is 11.5 Å². The van der Waals surface area contributed by atoms with Gasteiger partial charge in [0.1, 0.15) is 12.1 Å². The standard InChI is InChI=1S/C23H20N4O4/c1-15(29)17-8-5-9-18(12-17)24-20(30)13-26-10-11-27-22(23(26)31)19(14-28)21(25-27)16-6-3-2-4-7-16/h2-12,28H,13-14H2,1H3,(H,24,30). The van der Waals surface area contributed by atoms with Crippen molar-refractivity contribution in [1.29, 1.82) is 0 Å². The van der Waals surface area contributed by atoms with Crippen molar-refractivity contribution in [3.8, 4) is 11.3 Å². The summed E-state index contributed by atoms with van der Waals surface area (Å²) in [6, 6.07) is 15.9. The zero-order valence-corrected chi connectivity index (χ0v) is 16.8. The first kappa shape index (κ1) is 20.2. The summed E-state index contributed by atoms with van der Waals surface area (Å²) in [5.74, 6) is -0.523. The number of aliphatic hydroxyl groups excluding tert-OH is 1. The van der Waals surface area contributed by atoms with Crippen molar-refractivity contribution in [2.45, 2.75) is 20.1 Å². The average Bonchev–Trinajstić information content (AvgIpc) is 3.16. The van der Waals surface area contributed by atoms with Crippen LogP contribution in [0.3, 0.4) is 0 Å². The summed E-state index contributed by atoms with van der Waals surface area (Å²) < 4.78 is 2.68. The molecule has 0 aliphatic carbocycles. The van der Waals surface area contributed by atoms with Gasteiger partial charge >= 0.3 is 0 Å². The molecular weight excluding hydrogens is 396 g/mol. The Balaban J connectivity index is 1.65. The number of aromatic nitrogens is 3. The predicted molar refractivity (Wildman–Crippen MR) is 116 cm³/mol. The van der Waals surface area contributed by atoms with Crippen LogP contribution < -0.4 is 10.9 Å². The van der Waals surface area contributed by atoms with Crippen LogP contribution in [0.15, 0.2) is 71.8 Å². The lowest BCUT2D eigenvalue weighted by atomic mass is 10.1. The molecule has 1 amide bonds. The van der Waals surface area contributed by atoms with Crippen LogP contribution in [0.4, 0.5) is 5.69 Å². The van der Waals surface area contributed by atoms with Gasteiger partial charge in [-0.2, -0.15) is 5.10 Å². The highest BCUT2D eigenvalue weighted by Crippen LogP contribution is 2.24. The van der Waals surface area contributed by atoms with Gasteiger partial charge in [0.2, 0.25) is 5.91 Å². The number of rotatable bonds is 6. The predicted octanol–water partition coefficient (Wildman–Crippen LogP) is 2.50. The van der Waals surface area contributed by atoms with Crippen LogP contribution in [0.2, 0.25) is 0 Å². The highest BCUT2D eigenvalue weighted by molar-refractivity contribution is 5.97. The Morgan fingerprint density at radius 3 is 2.55 bits per heavy atom. The molecule has 2 N–H and O–H groups in total. The van der Waals surface area contributed by atoms with Crippen LogP contribution >= 0.6 is 0 Å². The second-order valence-electron chi connectivity index (χ2n) is 7.06. The van der Waals surface area contributed by atoms with Gasteiger partial charge in [-0.15, -0.1) is 0 Å². The third kappa shape index (κ3) is 4.01. The molecule has 2 aromatic heterocycles. The van der Waals surface area contributed by atoms with Gasteiger partial charge in [0, 0.05) is 34.8 Å². The van der Waals surface area contributed by atoms with E-state index in [2.05, 4.69) is 10.4 Å². The summed E-state index contributed by atoms with van der Waals surface area (Å²) >= 11 is 0. The molecule has 156 valence electrons. The Bertz CT molecular complexity index is 1340. The molecule has 0 aliphatic rings. The lowest BCUT2D eigenvalue weighted by molar-refractivity contribution is -0.116. The van der Waals surface area contributed by atoms with E-state index in [1.54, 1.807) is 30.5 Å². The maximum absolute atomic E-state index is 13.1. The van der Waals surface area contributed by atoms with Gasteiger partial charge in [-0.3, -0.25) is 14.4 Å². The maximum Gasteiger partial charge on any atom is 0.277 e. The molecule has 0 aliphatic heterocycles. The van der Waals surface area contributed by atoms with Crippen LogP contribution in [0.25, 0.3) is 16.8 Å². The molecule has 8 heteroatoms. The fraction of sp³-hybridized carbons (Fsp3) is 0.130. The number of benzene rings is 2. The summed E-state index contributed by atoms with van der Waals surface area (Å²) in [6.45, 7) is 0.858. The molecule has 0 atom stereocenters. The normalized spacial score (nSPS) is 10.9. The summed E-state index contributed by atoms with van der Waals surface area (Å²) in [6.07, 6.45) is 3.05. The number of anilines is 1. The SMILES string of the molecule is CC(=O)c1cccc(NC(=O)Cn2ccn3nc(-c4ccccc4)c(CO)c3c2=O)c1. The van der Waals surface area contributed by atoms with Gasteiger partial charge in [-0.1, -0.05) is 42.5 Å². The van der Waals surface area contributed by atoms with Crippen molar-refractivity contribution in [1.82, 2.24) is 14.2 Å². The molecule has 0 spiro atoms. The minimum Gasteiger partial charge on any atom is -0.392 e. The smallest absolute Gasteiger partial charge is 0.277 e. The number of hydrogen-bond donors (Lipinski definition) is 2. The van der Waals surface area contributed by atoms with E-state index in [1.807, 2.05) is 30.3 Å². The zero-order valence-electron chi connectivity index (χ0n) is 16.8. The van der Waals surface area contributed by atoms with Crippen molar-refractivity contribution in [2.75, 3.05) is 5.32 Å². The van der Waals surface area contributed by atoms with Crippen LogP contribution in [0.1, 0.15) is 22.8 Å². The molecule has 2 heterocycles. The molecule has 0 fully saturated rings. The minimum absolute atomic E-state index is 0.107. The van der Waals surface area contributed by atoms with Gasteiger partial charge in [0.05, 0.1) is 12.3 Å². The third-order valence-electron chi connectivity index (χ3n) is 4.93. The lowest BCUT2D eigenvalue weighted by Gasteiger charge is -2.09. The van der Waals surface area contributed by atoms with Crippen LogP contribution in [0, 0.1) is 0 Å². The van der Waals surface area contributed by atoms with Crippen LogP contribution in [0.5, 0.6) is 0 Å². The van der Waals surface area contributed by atoms with Gasteiger partial charge < -0.3 is 15.0 Å². The Labute approximate surface area is 177 Å². The Morgan fingerprint density at radius 2 is 1.84 bits per heavy atom. The number of nitrogens with one attached hydrogen (secondary N) is 1. The molecule has 4 aromatic rings. The lowest BCUT2D eigenvalue weighted by Crippen LogP contribution is -2.28. The summed E-state index contributed by atoms with van der Waals surface area (Å²) in [5.41, 5.74) is 2.44. The van der Waals surface area contributed by atoms with E-state index >= 15 is 0 Å². The van der Waals surface area contributed by atoms with Crippen molar-refractivity contribution in [3.63, 3.8) is 0 Å². The highest BCUT2D eigenvalue weighted by Gasteiger charge is 2.18. The number of amides is 1. The fourth-order valence-electron chi connectivity index (χ4n) is 3.42. The molecular formula is C23H20N4O4. The second-order valence-corrected chi connectivity index (χ2v) is 7.06. The molecule has 0 radical (unpaired) electrons.